The van der Waals surface area contributed by atoms with Gasteiger partial charge in [-0.25, -0.2) is 0 Å². The molecule has 2 aromatic rings. The molecule has 30 heavy (non-hydrogen) atoms. The van der Waals surface area contributed by atoms with E-state index in [-0.39, 0.29) is 36.8 Å². The SMILES string of the molecule is CCOc1ccc(NC2=C(c3ccc(Cl)cc3)C(=O)N(CCOC(C)C)C2=O)cc1. The Hall–Kier alpha value is -2.83. The van der Waals surface area contributed by atoms with E-state index in [1.165, 1.54) is 4.90 Å². The lowest BCUT2D eigenvalue weighted by molar-refractivity contribution is -0.137. The van der Waals surface area contributed by atoms with E-state index in [2.05, 4.69) is 5.32 Å². The van der Waals surface area contributed by atoms with E-state index in [9.17, 15) is 9.59 Å². The van der Waals surface area contributed by atoms with Crippen molar-refractivity contribution < 1.29 is 19.1 Å². The molecule has 7 heteroatoms. The summed E-state index contributed by atoms with van der Waals surface area (Å²) >= 11 is 5.99. The normalized spacial score (nSPS) is 14.1. The van der Waals surface area contributed by atoms with Crippen molar-refractivity contribution in [3.63, 3.8) is 0 Å². The van der Waals surface area contributed by atoms with Crippen molar-refractivity contribution in [2.24, 2.45) is 0 Å². The molecule has 0 radical (unpaired) electrons. The lowest BCUT2D eigenvalue weighted by Crippen LogP contribution is -2.35. The summed E-state index contributed by atoms with van der Waals surface area (Å²) in [4.78, 5) is 27.4. The van der Waals surface area contributed by atoms with Gasteiger partial charge < -0.3 is 14.8 Å². The molecular weight excluding hydrogens is 404 g/mol. The molecule has 0 spiro atoms. The highest BCUT2D eigenvalue weighted by atomic mass is 35.5. The third-order valence-corrected chi connectivity index (χ3v) is 4.75. The molecule has 1 N–H and O–H groups in total. The number of carbonyl (C=O) groups excluding carboxylic acids is 2. The molecule has 6 nitrogen and oxygen atoms in total. The number of imide groups is 1. The minimum atomic E-state index is -0.383. The van der Waals surface area contributed by atoms with E-state index < -0.39 is 0 Å². The Labute approximate surface area is 181 Å². The lowest BCUT2D eigenvalue weighted by atomic mass is 10.0. The molecule has 1 aliphatic heterocycles. The number of hydrogen-bond acceptors (Lipinski definition) is 5. The van der Waals surface area contributed by atoms with Crippen LogP contribution in [0.25, 0.3) is 5.57 Å². The number of ether oxygens (including phenoxy) is 2. The van der Waals surface area contributed by atoms with Gasteiger partial charge in [0.2, 0.25) is 0 Å². The first-order valence-electron chi connectivity index (χ1n) is 9.88. The van der Waals surface area contributed by atoms with E-state index in [0.717, 1.165) is 5.75 Å². The summed E-state index contributed by atoms with van der Waals surface area (Å²) in [6.45, 7) is 6.75. The van der Waals surface area contributed by atoms with E-state index in [1.54, 1.807) is 36.4 Å². The third-order valence-electron chi connectivity index (χ3n) is 4.50. The Morgan fingerprint density at radius 1 is 1.00 bits per heavy atom. The average Bonchev–Trinajstić information content (AvgIpc) is 2.94. The Morgan fingerprint density at radius 3 is 2.27 bits per heavy atom. The first-order chi connectivity index (χ1) is 14.4. The van der Waals surface area contributed by atoms with Crippen LogP contribution in [0.1, 0.15) is 26.3 Å². The van der Waals surface area contributed by atoms with Crippen LogP contribution in [0.3, 0.4) is 0 Å². The number of nitrogens with one attached hydrogen (secondary N) is 1. The summed E-state index contributed by atoms with van der Waals surface area (Å²) in [6, 6.07) is 14.1. The van der Waals surface area contributed by atoms with Crippen molar-refractivity contribution in [3.05, 3.63) is 64.8 Å². The molecule has 0 aliphatic carbocycles. The topological polar surface area (TPSA) is 67.9 Å². The summed E-state index contributed by atoms with van der Waals surface area (Å²) in [5.41, 5.74) is 1.85. The van der Waals surface area contributed by atoms with Gasteiger partial charge in [-0.15, -0.1) is 0 Å². The number of anilines is 1. The van der Waals surface area contributed by atoms with Gasteiger partial charge in [-0.2, -0.15) is 0 Å². The van der Waals surface area contributed by atoms with Gasteiger partial charge in [-0.05, 0) is 62.7 Å². The molecule has 1 heterocycles. The molecule has 0 fully saturated rings. The minimum absolute atomic E-state index is 0.0166. The van der Waals surface area contributed by atoms with Crippen molar-refractivity contribution in [1.82, 2.24) is 4.90 Å². The fourth-order valence-corrected chi connectivity index (χ4v) is 3.23. The van der Waals surface area contributed by atoms with Crippen LogP contribution >= 0.6 is 11.6 Å². The van der Waals surface area contributed by atoms with Gasteiger partial charge in [0.15, 0.2) is 0 Å². The number of amides is 2. The zero-order chi connectivity index (χ0) is 21.7. The smallest absolute Gasteiger partial charge is 0.278 e. The highest BCUT2D eigenvalue weighted by Crippen LogP contribution is 2.31. The van der Waals surface area contributed by atoms with Gasteiger partial charge in [0, 0.05) is 10.7 Å². The summed E-state index contributed by atoms with van der Waals surface area (Å²) in [5, 5.41) is 3.68. The Morgan fingerprint density at radius 2 is 1.67 bits per heavy atom. The van der Waals surface area contributed by atoms with Crippen LogP contribution in [0.4, 0.5) is 5.69 Å². The van der Waals surface area contributed by atoms with Crippen molar-refractivity contribution >= 4 is 34.7 Å². The molecule has 0 saturated carbocycles. The van der Waals surface area contributed by atoms with Crippen molar-refractivity contribution in [2.45, 2.75) is 26.9 Å². The van der Waals surface area contributed by atoms with Gasteiger partial charge >= 0.3 is 0 Å². The molecule has 0 aromatic heterocycles. The maximum absolute atomic E-state index is 13.1. The summed E-state index contributed by atoms with van der Waals surface area (Å²) in [7, 11) is 0. The van der Waals surface area contributed by atoms with Crippen LogP contribution in [-0.2, 0) is 14.3 Å². The van der Waals surface area contributed by atoms with Crippen LogP contribution in [0.2, 0.25) is 5.02 Å². The minimum Gasteiger partial charge on any atom is -0.494 e. The predicted octanol–water partition coefficient (Wildman–Crippen LogP) is 4.36. The molecule has 158 valence electrons. The molecule has 0 unspecified atom stereocenters. The summed E-state index contributed by atoms with van der Waals surface area (Å²) < 4.78 is 11.0. The molecule has 2 aromatic carbocycles. The van der Waals surface area contributed by atoms with Crippen LogP contribution in [0.15, 0.2) is 54.2 Å². The molecule has 1 aliphatic rings. The number of halogens is 1. The maximum atomic E-state index is 13.1. The number of benzene rings is 2. The monoisotopic (exact) mass is 428 g/mol. The predicted molar refractivity (Wildman–Crippen MR) is 117 cm³/mol. The van der Waals surface area contributed by atoms with E-state index >= 15 is 0 Å². The molecular formula is C23H25ClN2O4. The number of nitrogens with zero attached hydrogens (tertiary/aromatic N) is 1. The van der Waals surface area contributed by atoms with Crippen molar-refractivity contribution in [2.75, 3.05) is 25.1 Å². The van der Waals surface area contributed by atoms with Crippen LogP contribution < -0.4 is 10.1 Å². The lowest BCUT2D eigenvalue weighted by Gasteiger charge is -2.16. The molecule has 0 atom stereocenters. The highest BCUT2D eigenvalue weighted by Gasteiger charge is 2.39. The first-order valence-corrected chi connectivity index (χ1v) is 10.3. The van der Waals surface area contributed by atoms with Gasteiger partial charge in [-0.1, -0.05) is 23.7 Å². The van der Waals surface area contributed by atoms with Crippen LogP contribution in [0, 0.1) is 0 Å². The van der Waals surface area contributed by atoms with Gasteiger partial charge in [-0.3, -0.25) is 14.5 Å². The van der Waals surface area contributed by atoms with Crippen molar-refractivity contribution in [1.29, 1.82) is 0 Å². The number of rotatable bonds is 9. The fraction of sp³-hybridized carbons (Fsp3) is 0.304. The van der Waals surface area contributed by atoms with E-state index in [0.29, 0.717) is 28.5 Å². The van der Waals surface area contributed by atoms with Gasteiger partial charge in [0.05, 0.1) is 31.4 Å². The number of hydrogen-bond donors (Lipinski definition) is 1. The number of carbonyl (C=O) groups is 2. The van der Waals surface area contributed by atoms with Crippen molar-refractivity contribution in [3.8, 4) is 5.75 Å². The fourth-order valence-electron chi connectivity index (χ4n) is 3.10. The largest absolute Gasteiger partial charge is 0.494 e. The van der Waals surface area contributed by atoms with Gasteiger partial charge in [0.25, 0.3) is 11.8 Å². The highest BCUT2D eigenvalue weighted by molar-refractivity contribution is 6.36. The van der Waals surface area contributed by atoms with E-state index in [1.807, 2.05) is 32.9 Å². The Bertz CT molecular complexity index is 937. The molecule has 3 rings (SSSR count). The quantitative estimate of drug-likeness (QED) is 0.601. The summed E-state index contributed by atoms with van der Waals surface area (Å²) in [5.74, 6) is -0.00875. The second kappa shape index (κ2) is 9.78. The summed E-state index contributed by atoms with van der Waals surface area (Å²) in [6.07, 6.45) is 0.0166. The maximum Gasteiger partial charge on any atom is 0.278 e. The van der Waals surface area contributed by atoms with Crippen LogP contribution in [0.5, 0.6) is 5.75 Å². The Balaban J connectivity index is 1.91. The molecule has 0 bridgehead atoms. The third kappa shape index (κ3) is 5.01. The molecule has 0 saturated heterocycles. The van der Waals surface area contributed by atoms with E-state index in [4.69, 9.17) is 21.1 Å². The zero-order valence-corrected chi connectivity index (χ0v) is 18.0. The second-order valence-corrected chi connectivity index (χ2v) is 7.46. The average molecular weight is 429 g/mol. The second-order valence-electron chi connectivity index (χ2n) is 7.02. The van der Waals surface area contributed by atoms with Gasteiger partial charge in [0.1, 0.15) is 11.4 Å². The first kappa shape index (κ1) is 21.9. The molecule has 2 amide bonds. The zero-order valence-electron chi connectivity index (χ0n) is 17.3. The van der Waals surface area contributed by atoms with Crippen LogP contribution in [-0.4, -0.2) is 42.6 Å². The standard InChI is InChI=1S/C23H25ClN2O4/c1-4-29-19-11-9-18(10-12-19)25-21-20(16-5-7-17(24)8-6-16)22(27)26(23(21)28)13-14-30-15(2)3/h5-12,15,25H,4,13-14H2,1-3H3. The Kier molecular flexibility index (Phi) is 7.13.